The van der Waals surface area contributed by atoms with E-state index in [1.54, 1.807) is 0 Å². The van der Waals surface area contributed by atoms with Crippen LogP contribution in [0.15, 0.2) is 22.7 Å². The van der Waals surface area contributed by atoms with Crippen molar-refractivity contribution < 1.29 is 0 Å². The molecule has 0 heterocycles. The molecule has 106 valence electrons. The fourth-order valence-corrected chi connectivity index (χ4v) is 3.98. The fraction of sp³-hybridized carbons (Fsp3) is 0.600. The first-order valence-corrected chi connectivity index (χ1v) is 8.25. The highest BCUT2D eigenvalue weighted by Gasteiger charge is 2.28. The molecule has 19 heavy (non-hydrogen) atoms. The number of benzene rings is 1. The highest BCUT2D eigenvalue weighted by atomic mass is 79.9. The predicted molar refractivity (Wildman–Crippen MR) is 85.6 cm³/mol. The predicted octanol–water partition coefficient (Wildman–Crippen LogP) is 4.37. The van der Waals surface area contributed by atoms with Gasteiger partial charge in [-0.3, -0.25) is 4.90 Å². The van der Waals surface area contributed by atoms with E-state index in [0.717, 1.165) is 21.6 Å². The highest BCUT2D eigenvalue weighted by Crippen LogP contribution is 2.34. The molecule has 0 saturated heterocycles. The van der Waals surface area contributed by atoms with Crippen LogP contribution in [-0.2, 0) is 0 Å². The molecule has 1 aliphatic rings. The molecule has 0 amide bonds. The summed E-state index contributed by atoms with van der Waals surface area (Å²) in [5, 5.41) is 0.807. The first kappa shape index (κ1) is 15.3. The van der Waals surface area contributed by atoms with Gasteiger partial charge in [0, 0.05) is 28.1 Å². The number of halogens is 2. The Balaban J connectivity index is 2.26. The van der Waals surface area contributed by atoms with Crippen molar-refractivity contribution in [2.75, 3.05) is 13.1 Å². The minimum atomic E-state index is 0.230. The van der Waals surface area contributed by atoms with Gasteiger partial charge < -0.3 is 5.73 Å². The normalized spacial score (nSPS) is 18.2. The lowest BCUT2D eigenvalue weighted by molar-refractivity contribution is 0.147. The Morgan fingerprint density at radius 1 is 1.42 bits per heavy atom. The van der Waals surface area contributed by atoms with Crippen LogP contribution in [0.2, 0.25) is 5.02 Å². The summed E-state index contributed by atoms with van der Waals surface area (Å²) in [4.78, 5) is 2.53. The van der Waals surface area contributed by atoms with Crippen molar-refractivity contribution >= 4 is 27.5 Å². The Morgan fingerprint density at radius 3 is 2.63 bits per heavy atom. The summed E-state index contributed by atoms with van der Waals surface area (Å²) < 4.78 is 1.01. The van der Waals surface area contributed by atoms with E-state index in [2.05, 4.69) is 33.8 Å². The molecule has 4 heteroatoms. The van der Waals surface area contributed by atoms with Gasteiger partial charge in [0.1, 0.15) is 0 Å². The average molecular weight is 346 g/mol. The van der Waals surface area contributed by atoms with Gasteiger partial charge in [-0.25, -0.2) is 0 Å². The molecule has 1 atom stereocenters. The molecule has 1 saturated carbocycles. The molecule has 0 aliphatic heterocycles. The lowest BCUT2D eigenvalue weighted by atomic mass is 10.0. The van der Waals surface area contributed by atoms with Gasteiger partial charge in [0.2, 0.25) is 0 Å². The molecule has 2 nitrogen and oxygen atoms in total. The molecule has 1 unspecified atom stereocenters. The molecule has 0 aromatic heterocycles. The van der Waals surface area contributed by atoms with Crippen molar-refractivity contribution in [2.24, 2.45) is 5.73 Å². The number of nitrogens with zero attached hydrogens (tertiary/aromatic N) is 1. The minimum Gasteiger partial charge on any atom is -0.329 e. The van der Waals surface area contributed by atoms with E-state index in [0.29, 0.717) is 12.6 Å². The maximum absolute atomic E-state index is 6.40. The third-order valence-corrected chi connectivity index (χ3v) is 4.92. The van der Waals surface area contributed by atoms with E-state index >= 15 is 0 Å². The van der Waals surface area contributed by atoms with Gasteiger partial charge in [0.15, 0.2) is 0 Å². The Labute approximate surface area is 129 Å². The van der Waals surface area contributed by atoms with E-state index in [9.17, 15) is 0 Å². The van der Waals surface area contributed by atoms with Gasteiger partial charge >= 0.3 is 0 Å². The third-order valence-electron chi connectivity index (χ3n) is 4.10. The summed E-state index contributed by atoms with van der Waals surface area (Å²) in [7, 11) is 0. The first-order valence-electron chi connectivity index (χ1n) is 7.08. The van der Waals surface area contributed by atoms with Gasteiger partial charge in [0.25, 0.3) is 0 Å². The van der Waals surface area contributed by atoms with Crippen LogP contribution in [0.3, 0.4) is 0 Å². The van der Waals surface area contributed by atoms with Crippen LogP contribution < -0.4 is 5.73 Å². The summed E-state index contributed by atoms with van der Waals surface area (Å²) in [5.41, 5.74) is 7.20. The van der Waals surface area contributed by atoms with Crippen LogP contribution in [0.25, 0.3) is 0 Å². The molecule has 2 N–H and O–H groups in total. The highest BCUT2D eigenvalue weighted by molar-refractivity contribution is 9.10. The minimum absolute atomic E-state index is 0.230. The number of hydrogen-bond donors (Lipinski definition) is 1. The summed E-state index contributed by atoms with van der Waals surface area (Å²) in [5.74, 6) is 0. The van der Waals surface area contributed by atoms with E-state index in [-0.39, 0.29) is 6.04 Å². The molecule has 1 aliphatic carbocycles. The van der Waals surface area contributed by atoms with Crippen molar-refractivity contribution in [1.82, 2.24) is 4.90 Å². The van der Waals surface area contributed by atoms with Gasteiger partial charge in [-0.1, -0.05) is 53.4 Å². The Morgan fingerprint density at radius 2 is 2.11 bits per heavy atom. The second-order valence-electron chi connectivity index (χ2n) is 5.19. The van der Waals surface area contributed by atoms with Crippen molar-refractivity contribution in [1.29, 1.82) is 0 Å². The topological polar surface area (TPSA) is 29.3 Å². The van der Waals surface area contributed by atoms with Crippen LogP contribution in [0.5, 0.6) is 0 Å². The summed E-state index contributed by atoms with van der Waals surface area (Å²) in [6, 6.07) is 7.00. The maximum Gasteiger partial charge on any atom is 0.0488 e. The maximum atomic E-state index is 6.40. The van der Waals surface area contributed by atoms with E-state index in [1.165, 1.54) is 25.7 Å². The van der Waals surface area contributed by atoms with Gasteiger partial charge in [-0.2, -0.15) is 0 Å². The molecule has 2 rings (SSSR count). The summed E-state index contributed by atoms with van der Waals surface area (Å²) >= 11 is 9.86. The van der Waals surface area contributed by atoms with Crippen LogP contribution in [-0.4, -0.2) is 24.0 Å². The smallest absolute Gasteiger partial charge is 0.0488 e. The van der Waals surface area contributed by atoms with Gasteiger partial charge in [-0.05, 0) is 37.1 Å². The number of rotatable bonds is 5. The number of hydrogen-bond acceptors (Lipinski definition) is 2. The second kappa shape index (κ2) is 7.07. The lowest BCUT2D eigenvalue weighted by Crippen LogP contribution is -2.40. The van der Waals surface area contributed by atoms with Crippen molar-refractivity contribution in [3.8, 4) is 0 Å². The standard InChI is InChI=1S/C15H22BrClN2/c1-2-19(12-5-3-4-6-12)15(10-18)13-8-7-11(16)9-14(13)17/h7-9,12,15H,2-6,10,18H2,1H3. The van der Waals surface area contributed by atoms with Crippen LogP contribution in [0, 0.1) is 0 Å². The van der Waals surface area contributed by atoms with E-state index in [1.807, 2.05) is 12.1 Å². The zero-order valence-corrected chi connectivity index (χ0v) is 13.8. The monoisotopic (exact) mass is 344 g/mol. The second-order valence-corrected chi connectivity index (χ2v) is 6.51. The molecule has 0 radical (unpaired) electrons. The molecule has 1 fully saturated rings. The molecular weight excluding hydrogens is 324 g/mol. The SMILES string of the molecule is CCN(C1CCCC1)C(CN)c1ccc(Br)cc1Cl. The Kier molecular flexibility index (Phi) is 5.70. The van der Waals surface area contributed by atoms with Gasteiger partial charge in [0.05, 0.1) is 0 Å². The van der Waals surface area contributed by atoms with E-state index in [4.69, 9.17) is 17.3 Å². The number of likely N-dealkylation sites (N-methyl/N-ethyl adjacent to an activating group) is 1. The first-order chi connectivity index (χ1) is 9.17. The zero-order chi connectivity index (χ0) is 13.8. The van der Waals surface area contributed by atoms with Crippen molar-refractivity contribution in [3.63, 3.8) is 0 Å². The van der Waals surface area contributed by atoms with Crippen LogP contribution >= 0.6 is 27.5 Å². The van der Waals surface area contributed by atoms with Crippen molar-refractivity contribution in [3.05, 3.63) is 33.3 Å². The fourth-order valence-electron chi connectivity index (χ4n) is 3.18. The Bertz CT molecular complexity index is 419. The third kappa shape index (κ3) is 3.52. The molecular formula is C15H22BrClN2. The zero-order valence-electron chi connectivity index (χ0n) is 11.4. The lowest BCUT2D eigenvalue weighted by Gasteiger charge is -2.35. The van der Waals surface area contributed by atoms with Crippen molar-refractivity contribution in [2.45, 2.75) is 44.7 Å². The quantitative estimate of drug-likeness (QED) is 0.858. The number of nitrogens with two attached hydrogens (primary N) is 1. The van der Waals surface area contributed by atoms with Crippen LogP contribution in [0.1, 0.15) is 44.2 Å². The molecule has 1 aromatic rings. The molecule has 1 aromatic carbocycles. The van der Waals surface area contributed by atoms with Crippen LogP contribution in [0.4, 0.5) is 0 Å². The molecule has 0 spiro atoms. The van der Waals surface area contributed by atoms with E-state index < -0.39 is 0 Å². The average Bonchev–Trinajstić information content (AvgIpc) is 2.90. The van der Waals surface area contributed by atoms with Gasteiger partial charge in [-0.15, -0.1) is 0 Å². The molecule has 0 bridgehead atoms. The summed E-state index contributed by atoms with van der Waals surface area (Å²) in [6.45, 7) is 3.86. The Hall–Kier alpha value is -0.0900. The largest absolute Gasteiger partial charge is 0.329 e. The summed E-state index contributed by atoms with van der Waals surface area (Å²) in [6.07, 6.45) is 5.26.